The normalized spacial score (nSPS) is 7.53. The summed E-state index contributed by atoms with van der Waals surface area (Å²) in [6.07, 6.45) is 4.51. The van der Waals surface area contributed by atoms with E-state index in [1.807, 2.05) is 81.4 Å². The van der Waals surface area contributed by atoms with Gasteiger partial charge in [-0.15, -0.1) is 0 Å². The van der Waals surface area contributed by atoms with Crippen LogP contribution in [0.5, 0.6) is 0 Å². The highest BCUT2D eigenvalue weighted by Gasteiger charge is 2.02. The predicted octanol–water partition coefficient (Wildman–Crippen LogP) is 8.79. The maximum absolute atomic E-state index is 5.43. The van der Waals surface area contributed by atoms with E-state index in [-0.39, 0.29) is 7.43 Å². The van der Waals surface area contributed by atoms with E-state index < -0.39 is 0 Å². The van der Waals surface area contributed by atoms with Gasteiger partial charge in [0.05, 0.1) is 10.8 Å². The Kier molecular flexibility index (Phi) is 38.7. The largest absolute Gasteiger partial charge is 0.380 e. The van der Waals surface area contributed by atoms with E-state index in [0.717, 1.165) is 10.8 Å². The van der Waals surface area contributed by atoms with E-state index in [1.54, 1.807) is 24.5 Å². The van der Waals surface area contributed by atoms with Crippen molar-refractivity contribution in [1.82, 2.24) is 20.3 Å². The van der Waals surface area contributed by atoms with E-state index in [1.165, 1.54) is 6.42 Å². The second-order valence-corrected chi connectivity index (χ2v) is 4.55. The van der Waals surface area contributed by atoms with Gasteiger partial charge in [-0.25, -0.2) is 9.97 Å². The average molecular weight is 481 g/mol. The monoisotopic (exact) mass is 480 g/mol. The van der Waals surface area contributed by atoms with Gasteiger partial charge in [0.1, 0.15) is 0 Å². The lowest BCUT2D eigenvalue weighted by Crippen LogP contribution is -1.82. The molecule has 4 N–H and O–H groups in total. The molecule has 0 aliphatic heterocycles. The first kappa shape index (κ1) is 41.1. The second-order valence-electron chi connectivity index (χ2n) is 4.55. The number of nitrogen functional groups attached to an aromatic ring is 2. The summed E-state index contributed by atoms with van der Waals surface area (Å²) in [6, 6.07) is 7.20. The van der Waals surface area contributed by atoms with Gasteiger partial charge in [0.25, 0.3) is 11.4 Å². The molecule has 4 rings (SSSR count). The van der Waals surface area contributed by atoms with Crippen LogP contribution in [-0.4, -0.2) is 20.3 Å². The predicted molar refractivity (Wildman–Crippen MR) is 152 cm³/mol. The number of aromatic nitrogens is 4. The van der Waals surface area contributed by atoms with Crippen LogP contribution < -0.4 is 11.5 Å². The van der Waals surface area contributed by atoms with Crippen LogP contribution in [0.4, 0.5) is 11.6 Å². The van der Waals surface area contributed by atoms with Gasteiger partial charge in [0, 0.05) is 12.4 Å². The Morgan fingerprint density at radius 1 is 0.618 bits per heavy atom. The smallest absolute Gasteiger partial charge is 0.259 e. The summed E-state index contributed by atoms with van der Waals surface area (Å²) in [7, 11) is 0. The molecule has 0 spiro atoms. The van der Waals surface area contributed by atoms with Crippen molar-refractivity contribution < 1.29 is 9.05 Å². The zero-order chi connectivity index (χ0) is 26.7. The molecule has 4 heterocycles. The summed E-state index contributed by atoms with van der Waals surface area (Å²) in [5.41, 5.74) is 11.8. The molecule has 0 saturated heterocycles. The van der Waals surface area contributed by atoms with E-state index in [2.05, 4.69) is 34.1 Å². The SMILES string of the molecule is C.CC.CC.CC.CC.CC.CCC.Nc1noc2ncccc12.Nc1noc2ncccc12. The maximum atomic E-state index is 5.43. The Morgan fingerprint density at radius 3 is 1.12 bits per heavy atom. The molecule has 198 valence electrons. The van der Waals surface area contributed by atoms with Gasteiger partial charge in [0.15, 0.2) is 11.6 Å². The minimum atomic E-state index is 0. The summed E-state index contributed by atoms with van der Waals surface area (Å²) < 4.78 is 9.53. The molecule has 4 aromatic heterocycles. The van der Waals surface area contributed by atoms with Crippen molar-refractivity contribution in [2.24, 2.45) is 0 Å². The highest BCUT2D eigenvalue weighted by molar-refractivity contribution is 5.84. The zero-order valence-electron chi connectivity index (χ0n) is 22.9. The molecular formula is C26H52N6O2. The van der Waals surface area contributed by atoms with Crippen LogP contribution in [0.2, 0.25) is 0 Å². The number of fused-ring (bicyclic) bond motifs is 2. The fourth-order valence-corrected chi connectivity index (χ4v) is 1.60. The maximum Gasteiger partial charge on any atom is 0.259 e. The third-order valence-electron chi connectivity index (χ3n) is 2.56. The van der Waals surface area contributed by atoms with Crippen LogP contribution in [0.25, 0.3) is 22.2 Å². The lowest BCUT2D eigenvalue weighted by atomic mass is 10.3. The van der Waals surface area contributed by atoms with Gasteiger partial charge in [0.2, 0.25) is 0 Å². The van der Waals surface area contributed by atoms with Crippen LogP contribution in [-0.2, 0) is 0 Å². The third-order valence-corrected chi connectivity index (χ3v) is 2.56. The van der Waals surface area contributed by atoms with Gasteiger partial charge in [-0.1, -0.05) is 107 Å². The van der Waals surface area contributed by atoms with Crippen molar-refractivity contribution in [1.29, 1.82) is 0 Å². The van der Waals surface area contributed by atoms with E-state index in [0.29, 0.717) is 23.1 Å². The summed E-state index contributed by atoms with van der Waals surface area (Å²) >= 11 is 0. The van der Waals surface area contributed by atoms with Gasteiger partial charge in [-0.05, 0) is 24.3 Å². The molecule has 0 bridgehead atoms. The summed E-state index contributed by atoms with van der Waals surface area (Å²) in [4.78, 5) is 7.79. The number of pyridine rings is 2. The molecular weight excluding hydrogens is 428 g/mol. The summed E-state index contributed by atoms with van der Waals surface area (Å²) in [5.74, 6) is 0.784. The van der Waals surface area contributed by atoms with Gasteiger partial charge < -0.3 is 20.5 Å². The van der Waals surface area contributed by atoms with Crippen molar-refractivity contribution in [3.05, 3.63) is 36.7 Å². The molecule has 0 fully saturated rings. The summed E-state index contributed by atoms with van der Waals surface area (Å²) in [6.45, 7) is 24.2. The van der Waals surface area contributed by atoms with Crippen LogP contribution in [0.3, 0.4) is 0 Å². The Hall–Kier alpha value is -3.16. The number of hydrogen-bond donors (Lipinski definition) is 2. The Balaban J connectivity index is -0.000000110. The second kappa shape index (κ2) is 32.0. The molecule has 34 heavy (non-hydrogen) atoms. The van der Waals surface area contributed by atoms with Crippen LogP contribution in [0.15, 0.2) is 45.7 Å². The molecule has 0 aliphatic rings. The molecule has 8 nitrogen and oxygen atoms in total. The van der Waals surface area contributed by atoms with Crippen LogP contribution in [0, 0.1) is 0 Å². The lowest BCUT2D eigenvalue weighted by Gasteiger charge is -1.81. The molecule has 0 aliphatic carbocycles. The first-order valence-electron chi connectivity index (χ1n) is 12.1. The van der Waals surface area contributed by atoms with E-state index >= 15 is 0 Å². The lowest BCUT2D eigenvalue weighted by molar-refractivity contribution is 0.452. The first-order valence-corrected chi connectivity index (χ1v) is 12.1. The van der Waals surface area contributed by atoms with Gasteiger partial charge >= 0.3 is 0 Å². The number of anilines is 2. The van der Waals surface area contributed by atoms with Gasteiger partial charge in [-0.2, -0.15) is 0 Å². The standard InChI is InChI=1S/2C6H5N3O.C3H8.5C2H6.CH4/c2*7-5-4-2-1-3-8-6(4)10-9-5;1-3-2;5*1-2;/h2*1-3H,(H2,7,9);3H2,1-2H3;5*1-2H3;1H4. The molecule has 0 aromatic carbocycles. The number of rotatable bonds is 0. The fraction of sp³-hybridized carbons (Fsp3) is 0.538. The molecule has 0 radical (unpaired) electrons. The molecule has 0 amide bonds. The molecule has 0 unspecified atom stereocenters. The van der Waals surface area contributed by atoms with Crippen LogP contribution >= 0.6 is 0 Å². The van der Waals surface area contributed by atoms with E-state index in [9.17, 15) is 0 Å². The first-order chi connectivity index (χ1) is 16.2. The minimum absolute atomic E-state index is 0. The van der Waals surface area contributed by atoms with E-state index in [4.69, 9.17) is 20.5 Å². The highest BCUT2D eigenvalue weighted by Crippen LogP contribution is 2.16. The van der Waals surface area contributed by atoms with Gasteiger partial charge in [-0.3, -0.25) is 0 Å². The summed E-state index contributed by atoms with van der Waals surface area (Å²) in [5, 5.41) is 8.60. The molecule has 0 saturated carbocycles. The van der Waals surface area contributed by atoms with Crippen molar-refractivity contribution >= 4 is 33.8 Å². The minimum Gasteiger partial charge on any atom is -0.380 e. The Morgan fingerprint density at radius 2 is 0.882 bits per heavy atom. The Bertz CT molecular complexity index is 804. The quantitative estimate of drug-likeness (QED) is 0.255. The van der Waals surface area contributed by atoms with Crippen molar-refractivity contribution in [3.8, 4) is 0 Å². The average Bonchev–Trinajstić information content (AvgIpc) is 3.49. The fourth-order valence-electron chi connectivity index (χ4n) is 1.60. The molecule has 8 heteroatoms. The third kappa shape index (κ3) is 16.5. The molecule has 0 atom stereocenters. The number of nitrogens with two attached hydrogens (primary N) is 2. The van der Waals surface area contributed by atoms with Crippen molar-refractivity contribution in [3.63, 3.8) is 0 Å². The number of nitrogens with zero attached hydrogens (tertiary/aromatic N) is 4. The topological polar surface area (TPSA) is 130 Å². The molecule has 4 aromatic rings. The zero-order valence-corrected chi connectivity index (χ0v) is 22.9. The van der Waals surface area contributed by atoms with Crippen molar-refractivity contribution in [2.75, 3.05) is 11.5 Å². The van der Waals surface area contributed by atoms with Crippen molar-refractivity contribution in [2.45, 2.75) is 96.9 Å². The Labute approximate surface area is 208 Å². The highest BCUT2D eigenvalue weighted by atomic mass is 16.5. The number of hydrogen-bond acceptors (Lipinski definition) is 8. The van der Waals surface area contributed by atoms with Crippen LogP contribution in [0.1, 0.15) is 96.9 Å².